The van der Waals surface area contributed by atoms with E-state index < -0.39 is 0 Å². The van der Waals surface area contributed by atoms with Crippen molar-refractivity contribution in [3.05, 3.63) is 107 Å². The van der Waals surface area contributed by atoms with E-state index in [0.717, 1.165) is 39.6 Å². The summed E-state index contributed by atoms with van der Waals surface area (Å²) in [6.07, 6.45) is 1.78. The van der Waals surface area contributed by atoms with Crippen molar-refractivity contribution in [1.29, 1.82) is 0 Å². The van der Waals surface area contributed by atoms with Gasteiger partial charge in [0, 0.05) is 41.8 Å². The van der Waals surface area contributed by atoms with Crippen LogP contribution in [0.2, 0.25) is 0 Å². The highest BCUT2D eigenvalue weighted by atomic mass is 32.1. The quantitative estimate of drug-likeness (QED) is 0.292. The summed E-state index contributed by atoms with van der Waals surface area (Å²) in [4.78, 5) is 18.9. The highest BCUT2D eigenvalue weighted by Crippen LogP contribution is 2.44. The zero-order chi connectivity index (χ0) is 27.7. The van der Waals surface area contributed by atoms with Gasteiger partial charge in [0.2, 0.25) is 5.91 Å². The molecule has 1 saturated heterocycles. The average molecular weight is 544 g/mol. The number of pyridine rings is 1. The molecule has 1 fully saturated rings. The molecule has 4 aromatic rings. The molecule has 0 radical (unpaired) electrons. The summed E-state index contributed by atoms with van der Waals surface area (Å²) in [6, 6.07) is 20.0. The molecule has 1 aliphatic rings. The van der Waals surface area contributed by atoms with Gasteiger partial charge in [-0.3, -0.25) is 9.78 Å². The molecule has 0 spiro atoms. The SMILES string of the molecule is COCC(=O)Nc1ccc(N2C(=S)N[C@H](c3ccccn3)[C@H]2c2cc(C)n(-c3ccc(F)cc3)c2C)cc1C. The van der Waals surface area contributed by atoms with Crippen molar-refractivity contribution in [2.24, 2.45) is 0 Å². The van der Waals surface area contributed by atoms with Crippen LogP contribution >= 0.6 is 12.2 Å². The number of benzene rings is 2. The van der Waals surface area contributed by atoms with Crippen LogP contribution in [0.5, 0.6) is 0 Å². The number of methoxy groups -OCH3 is 1. The summed E-state index contributed by atoms with van der Waals surface area (Å²) in [5, 5.41) is 6.97. The normalized spacial score (nSPS) is 16.8. The van der Waals surface area contributed by atoms with E-state index in [1.807, 2.05) is 50.2 Å². The van der Waals surface area contributed by atoms with E-state index in [0.29, 0.717) is 10.8 Å². The number of hydrogen-bond acceptors (Lipinski definition) is 4. The van der Waals surface area contributed by atoms with Crippen LogP contribution in [0, 0.1) is 26.6 Å². The van der Waals surface area contributed by atoms with Gasteiger partial charge >= 0.3 is 0 Å². The monoisotopic (exact) mass is 543 g/mol. The van der Waals surface area contributed by atoms with E-state index in [9.17, 15) is 9.18 Å². The first kappa shape index (κ1) is 26.5. The summed E-state index contributed by atoms with van der Waals surface area (Å²) in [7, 11) is 1.49. The van der Waals surface area contributed by atoms with Gasteiger partial charge in [0.05, 0.1) is 17.8 Å². The molecule has 1 amide bonds. The number of aryl methyl sites for hydroxylation is 2. The Morgan fingerprint density at radius 1 is 1.08 bits per heavy atom. The van der Waals surface area contributed by atoms with Crippen molar-refractivity contribution in [1.82, 2.24) is 14.9 Å². The molecule has 9 heteroatoms. The predicted molar refractivity (Wildman–Crippen MR) is 155 cm³/mol. The second-order valence-corrected chi connectivity index (χ2v) is 10.0. The molecule has 0 bridgehead atoms. The summed E-state index contributed by atoms with van der Waals surface area (Å²) in [5.74, 6) is -0.488. The molecule has 7 nitrogen and oxygen atoms in total. The number of ether oxygens (including phenoxy) is 1. The lowest BCUT2D eigenvalue weighted by molar-refractivity contribution is -0.119. The highest BCUT2D eigenvalue weighted by Gasteiger charge is 2.42. The summed E-state index contributed by atoms with van der Waals surface area (Å²) >= 11 is 5.90. The smallest absolute Gasteiger partial charge is 0.250 e. The van der Waals surface area contributed by atoms with Crippen molar-refractivity contribution < 1.29 is 13.9 Å². The Morgan fingerprint density at radius 2 is 1.82 bits per heavy atom. The molecule has 2 aromatic heterocycles. The molecule has 2 N–H and O–H groups in total. The zero-order valence-corrected chi connectivity index (χ0v) is 23.1. The number of nitrogens with one attached hydrogen (secondary N) is 2. The average Bonchev–Trinajstić information content (AvgIpc) is 3.41. The first-order chi connectivity index (χ1) is 18.8. The first-order valence-corrected chi connectivity index (χ1v) is 13.0. The van der Waals surface area contributed by atoms with E-state index in [2.05, 4.69) is 38.1 Å². The van der Waals surface area contributed by atoms with E-state index in [1.165, 1.54) is 19.2 Å². The lowest BCUT2D eigenvalue weighted by Crippen LogP contribution is -2.29. The molecule has 2 aromatic carbocycles. The molecule has 5 rings (SSSR count). The molecular weight excluding hydrogens is 513 g/mol. The molecular formula is C30H30FN5O2S. The third-order valence-electron chi connectivity index (χ3n) is 7.01. The minimum atomic E-state index is -0.273. The number of thiocarbonyl (C=S) groups is 1. The van der Waals surface area contributed by atoms with Crippen molar-refractivity contribution in [2.75, 3.05) is 23.9 Å². The molecule has 2 atom stereocenters. The number of hydrogen-bond donors (Lipinski definition) is 2. The number of rotatable bonds is 7. The number of carbonyl (C=O) groups is 1. The van der Waals surface area contributed by atoms with E-state index >= 15 is 0 Å². The van der Waals surface area contributed by atoms with Gasteiger partial charge in [-0.1, -0.05) is 6.07 Å². The zero-order valence-electron chi connectivity index (χ0n) is 22.2. The third-order valence-corrected chi connectivity index (χ3v) is 7.32. The lowest BCUT2D eigenvalue weighted by Gasteiger charge is -2.29. The number of anilines is 2. The van der Waals surface area contributed by atoms with Crippen LogP contribution in [0.3, 0.4) is 0 Å². The van der Waals surface area contributed by atoms with E-state index in [4.69, 9.17) is 17.0 Å². The second kappa shape index (κ2) is 11.0. The Bertz CT molecular complexity index is 1520. The topological polar surface area (TPSA) is 71.4 Å². The number of aromatic nitrogens is 2. The first-order valence-electron chi connectivity index (χ1n) is 12.6. The van der Waals surface area contributed by atoms with Gasteiger partial charge in [-0.2, -0.15) is 0 Å². The molecule has 3 heterocycles. The molecule has 1 aliphatic heterocycles. The Balaban J connectivity index is 1.60. The van der Waals surface area contributed by atoms with E-state index in [-0.39, 0.29) is 30.4 Å². The fourth-order valence-corrected chi connectivity index (χ4v) is 5.62. The van der Waals surface area contributed by atoms with Gasteiger partial charge in [-0.05, 0) is 105 Å². The van der Waals surface area contributed by atoms with Crippen LogP contribution in [0.25, 0.3) is 5.69 Å². The standard InChI is InChI=1S/C30H30FN5O2S/c1-18-15-23(12-13-25(18)33-27(37)17-38-4)36-29(28(34-30(36)39)26-7-5-6-14-32-26)24-16-19(2)35(20(24)3)22-10-8-21(31)9-11-22/h5-16,28-29H,17H2,1-4H3,(H,33,37)(H,34,39)/t28-,29-/m1/s1. The molecule has 0 aliphatic carbocycles. The maximum Gasteiger partial charge on any atom is 0.250 e. The van der Waals surface area contributed by atoms with Crippen molar-refractivity contribution >= 4 is 34.6 Å². The summed E-state index contributed by atoms with van der Waals surface area (Å²) < 4.78 is 20.7. The van der Waals surface area contributed by atoms with Gasteiger partial charge in [0.25, 0.3) is 0 Å². The van der Waals surface area contributed by atoms with Gasteiger partial charge in [-0.25, -0.2) is 4.39 Å². The van der Waals surface area contributed by atoms with Crippen LogP contribution in [-0.2, 0) is 9.53 Å². The van der Waals surface area contributed by atoms with Gasteiger partial charge in [-0.15, -0.1) is 0 Å². The molecule has 0 unspecified atom stereocenters. The second-order valence-electron chi connectivity index (χ2n) is 9.62. The Hall–Kier alpha value is -4.08. The minimum Gasteiger partial charge on any atom is -0.375 e. The fraction of sp³-hybridized carbons (Fsp3) is 0.233. The minimum absolute atomic E-state index is 0.0151. The number of amides is 1. The summed E-state index contributed by atoms with van der Waals surface area (Å²) in [5.41, 5.74) is 7.40. The highest BCUT2D eigenvalue weighted by molar-refractivity contribution is 7.80. The molecule has 0 saturated carbocycles. The summed E-state index contributed by atoms with van der Waals surface area (Å²) in [6.45, 7) is 6.05. The largest absolute Gasteiger partial charge is 0.375 e. The van der Waals surface area contributed by atoms with Gasteiger partial charge in [0.1, 0.15) is 12.4 Å². The van der Waals surface area contributed by atoms with Crippen molar-refractivity contribution in [3.63, 3.8) is 0 Å². The van der Waals surface area contributed by atoms with E-state index in [1.54, 1.807) is 18.3 Å². The Labute approximate surface area is 232 Å². The van der Waals surface area contributed by atoms with Gasteiger partial charge < -0.3 is 24.8 Å². The number of halogens is 1. The third kappa shape index (κ3) is 5.15. The number of carbonyl (C=O) groups excluding carboxylic acids is 1. The number of nitrogens with zero attached hydrogens (tertiary/aromatic N) is 3. The van der Waals surface area contributed by atoms with Crippen LogP contribution in [-0.4, -0.2) is 34.3 Å². The van der Waals surface area contributed by atoms with Crippen LogP contribution in [0.4, 0.5) is 15.8 Å². The maximum absolute atomic E-state index is 13.7. The van der Waals surface area contributed by atoms with Crippen molar-refractivity contribution in [2.45, 2.75) is 32.9 Å². The fourth-order valence-electron chi connectivity index (χ4n) is 5.28. The van der Waals surface area contributed by atoms with Crippen LogP contribution in [0.1, 0.15) is 40.3 Å². The van der Waals surface area contributed by atoms with Crippen LogP contribution < -0.4 is 15.5 Å². The Morgan fingerprint density at radius 3 is 2.49 bits per heavy atom. The molecule has 39 heavy (non-hydrogen) atoms. The van der Waals surface area contributed by atoms with Gasteiger partial charge in [0.15, 0.2) is 5.11 Å². The van der Waals surface area contributed by atoms with Crippen molar-refractivity contribution in [3.8, 4) is 5.69 Å². The predicted octanol–water partition coefficient (Wildman–Crippen LogP) is 5.70. The van der Waals surface area contributed by atoms with Crippen LogP contribution in [0.15, 0.2) is 72.9 Å². The molecule has 200 valence electrons. The maximum atomic E-state index is 13.7. The Kier molecular flexibility index (Phi) is 7.45. The lowest BCUT2D eigenvalue weighted by atomic mass is 9.96.